The van der Waals surface area contributed by atoms with Crippen molar-refractivity contribution in [1.82, 2.24) is 30.1 Å². The number of nitrogens with zero attached hydrogens (tertiary/aromatic N) is 5. The Kier molecular flexibility index (Phi) is 10.8. The first-order valence-electron chi connectivity index (χ1n) is 10.8. The number of aromatic nitrogens is 3. The summed E-state index contributed by atoms with van der Waals surface area (Å²) < 4.78 is 7.55. The summed E-state index contributed by atoms with van der Waals surface area (Å²) in [6.45, 7) is 12.7. The first-order valence-corrected chi connectivity index (χ1v) is 10.8. The van der Waals surface area contributed by atoms with Crippen molar-refractivity contribution < 1.29 is 4.74 Å². The van der Waals surface area contributed by atoms with E-state index in [4.69, 9.17) is 9.73 Å². The molecular formula is C21H36IN7O. The number of fused-ring (bicyclic) bond motifs is 1. The highest BCUT2D eigenvalue weighted by atomic mass is 127. The van der Waals surface area contributed by atoms with Gasteiger partial charge in [0.05, 0.1) is 19.8 Å². The van der Waals surface area contributed by atoms with Gasteiger partial charge in [-0.3, -0.25) is 14.3 Å². The summed E-state index contributed by atoms with van der Waals surface area (Å²) in [5.41, 5.74) is 0.880. The van der Waals surface area contributed by atoms with Crippen LogP contribution in [0.1, 0.15) is 33.0 Å². The maximum absolute atomic E-state index is 5.52. The number of hydrogen-bond donors (Lipinski definition) is 2. The van der Waals surface area contributed by atoms with Gasteiger partial charge in [-0.05, 0) is 31.4 Å². The summed E-state index contributed by atoms with van der Waals surface area (Å²) in [4.78, 5) is 7.42. The van der Waals surface area contributed by atoms with Gasteiger partial charge < -0.3 is 15.4 Å². The van der Waals surface area contributed by atoms with Gasteiger partial charge in [-0.2, -0.15) is 0 Å². The second-order valence-corrected chi connectivity index (χ2v) is 7.87. The van der Waals surface area contributed by atoms with Crippen LogP contribution in [0.5, 0.6) is 0 Å². The Labute approximate surface area is 196 Å². The van der Waals surface area contributed by atoms with Gasteiger partial charge in [0.25, 0.3) is 0 Å². The first kappa shape index (κ1) is 24.8. The molecule has 9 heteroatoms. The van der Waals surface area contributed by atoms with Crippen molar-refractivity contribution in [2.75, 3.05) is 45.9 Å². The number of guanidine groups is 1. The van der Waals surface area contributed by atoms with Crippen LogP contribution in [-0.2, 0) is 11.2 Å². The Bertz CT molecular complexity index is 774. The fourth-order valence-electron chi connectivity index (χ4n) is 3.72. The molecule has 8 nitrogen and oxygen atoms in total. The van der Waals surface area contributed by atoms with E-state index in [9.17, 15) is 0 Å². The fraction of sp³-hybridized carbons (Fsp3) is 0.667. The van der Waals surface area contributed by atoms with Crippen LogP contribution in [0, 0.1) is 5.92 Å². The molecule has 0 saturated carbocycles. The summed E-state index contributed by atoms with van der Waals surface area (Å²) in [5, 5.41) is 15.3. The first-order chi connectivity index (χ1) is 14.2. The minimum Gasteiger partial charge on any atom is -0.379 e. The van der Waals surface area contributed by atoms with Crippen LogP contribution >= 0.6 is 24.0 Å². The molecule has 1 aliphatic rings. The van der Waals surface area contributed by atoms with Crippen LogP contribution in [-0.4, -0.2) is 77.4 Å². The van der Waals surface area contributed by atoms with Crippen LogP contribution in [0.2, 0.25) is 0 Å². The van der Waals surface area contributed by atoms with Gasteiger partial charge in [0.2, 0.25) is 0 Å². The molecule has 2 aromatic heterocycles. The Morgan fingerprint density at radius 3 is 2.73 bits per heavy atom. The monoisotopic (exact) mass is 529 g/mol. The molecular weight excluding hydrogens is 493 g/mol. The molecule has 2 N–H and O–H groups in total. The van der Waals surface area contributed by atoms with Gasteiger partial charge in [-0.25, -0.2) is 0 Å². The molecule has 3 heterocycles. The number of aliphatic imine (C=N–C) groups is 1. The third-order valence-electron chi connectivity index (χ3n) is 5.14. The highest BCUT2D eigenvalue weighted by Gasteiger charge is 2.21. The predicted molar refractivity (Wildman–Crippen MR) is 132 cm³/mol. The van der Waals surface area contributed by atoms with Crippen molar-refractivity contribution in [3.05, 3.63) is 30.2 Å². The van der Waals surface area contributed by atoms with Crippen LogP contribution in [0.15, 0.2) is 29.4 Å². The standard InChI is InChI=1S/C21H35N7O.HI/c1-4-22-21(23-9-8-20-26-25-19-7-5-6-10-28(19)20)24-16-18(15-17(2)3)27-11-13-29-14-12-27;/h5-7,10,17-18H,4,8-9,11-16H2,1-3H3,(H2,22,23,24);1H. The van der Waals surface area contributed by atoms with Gasteiger partial charge in [0, 0.05) is 44.8 Å². The van der Waals surface area contributed by atoms with Crippen LogP contribution in [0.3, 0.4) is 0 Å². The number of ether oxygens (including phenoxy) is 1. The van der Waals surface area contributed by atoms with E-state index in [0.29, 0.717) is 12.0 Å². The predicted octanol–water partition coefficient (Wildman–Crippen LogP) is 2.19. The van der Waals surface area contributed by atoms with Crippen molar-refractivity contribution in [3.8, 4) is 0 Å². The maximum atomic E-state index is 5.52. The van der Waals surface area contributed by atoms with E-state index < -0.39 is 0 Å². The molecule has 1 atom stereocenters. The summed E-state index contributed by atoms with van der Waals surface area (Å²) in [7, 11) is 0. The van der Waals surface area contributed by atoms with E-state index in [1.54, 1.807) is 0 Å². The molecule has 0 spiro atoms. The lowest BCUT2D eigenvalue weighted by Gasteiger charge is -2.34. The topological polar surface area (TPSA) is 79.1 Å². The zero-order valence-electron chi connectivity index (χ0n) is 18.4. The molecule has 0 amide bonds. The van der Waals surface area contributed by atoms with E-state index in [2.05, 4.69) is 46.5 Å². The average molecular weight is 529 g/mol. The van der Waals surface area contributed by atoms with Crippen LogP contribution in [0.25, 0.3) is 5.65 Å². The molecule has 1 aliphatic heterocycles. The Morgan fingerprint density at radius 1 is 1.20 bits per heavy atom. The number of morpholine rings is 1. The molecule has 0 bridgehead atoms. The number of pyridine rings is 1. The van der Waals surface area contributed by atoms with Gasteiger partial charge in [-0.15, -0.1) is 34.2 Å². The fourth-order valence-corrected chi connectivity index (χ4v) is 3.72. The highest BCUT2D eigenvalue weighted by molar-refractivity contribution is 14.0. The SMILES string of the molecule is CCNC(=NCC(CC(C)C)N1CCOCC1)NCCc1nnc2ccccn12.I. The lowest BCUT2D eigenvalue weighted by atomic mass is 10.0. The van der Waals surface area contributed by atoms with E-state index in [1.165, 1.54) is 0 Å². The molecule has 1 unspecified atom stereocenters. The molecule has 168 valence electrons. The van der Waals surface area contributed by atoms with Gasteiger partial charge in [0.1, 0.15) is 5.82 Å². The lowest BCUT2D eigenvalue weighted by Crippen LogP contribution is -2.46. The van der Waals surface area contributed by atoms with E-state index >= 15 is 0 Å². The maximum Gasteiger partial charge on any atom is 0.191 e. The average Bonchev–Trinajstić information content (AvgIpc) is 3.14. The Hall–Kier alpha value is -1.46. The molecule has 2 aromatic rings. The van der Waals surface area contributed by atoms with Gasteiger partial charge in [-0.1, -0.05) is 19.9 Å². The third-order valence-corrected chi connectivity index (χ3v) is 5.14. The summed E-state index contributed by atoms with van der Waals surface area (Å²) in [5.74, 6) is 2.47. The van der Waals surface area contributed by atoms with Crippen molar-refractivity contribution in [1.29, 1.82) is 0 Å². The minimum atomic E-state index is 0. The third kappa shape index (κ3) is 7.35. The quantitative estimate of drug-likeness (QED) is 0.295. The van der Waals surface area contributed by atoms with E-state index in [-0.39, 0.29) is 24.0 Å². The number of nitrogens with one attached hydrogen (secondary N) is 2. The normalized spacial score (nSPS) is 16.5. The molecule has 0 radical (unpaired) electrons. The van der Waals surface area contributed by atoms with Crippen molar-refractivity contribution in [3.63, 3.8) is 0 Å². The summed E-state index contributed by atoms with van der Waals surface area (Å²) >= 11 is 0. The smallest absolute Gasteiger partial charge is 0.191 e. The molecule has 0 aliphatic carbocycles. The van der Waals surface area contributed by atoms with Crippen molar-refractivity contribution >= 4 is 35.6 Å². The largest absolute Gasteiger partial charge is 0.379 e. The summed E-state index contributed by atoms with van der Waals surface area (Å²) in [6.07, 6.45) is 3.94. The van der Waals surface area contributed by atoms with Crippen LogP contribution < -0.4 is 10.6 Å². The Balaban J connectivity index is 0.00000320. The zero-order valence-corrected chi connectivity index (χ0v) is 20.7. The van der Waals surface area contributed by atoms with Gasteiger partial charge >= 0.3 is 0 Å². The number of hydrogen-bond acceptors (Lipinski definition) is 5. The second-order valence-electron chi connectivity index (χ2n) is 7.87. The summed E-state index contributed by atoms with van der Waals surface area (Å²) in [6, 6.07) is 6.40. The zero-order chi connectivity index (χ0) is 20.5. The highest BCUT2D eigenvalue weighted by Crippen LogP contribution is 2.14. The second kappa shape index (κ2) is 13.1. The molecule has 1 saturated heterocycles. The van der Waals surface area contributed by atoms with Crippen LogP contribution in [0.4, 0.5) is 0 Å². The van der Waals surface area contributed by atoms with Crippen molar-refractivity contribution in [2.24, 2.45) is 10.9 Å². The van der Waals surface area contributed by atoms with E-state index in [0.717, 1.165) is 76.2 Å². The Morgan fingerprint density at radius 2 is 2.00 bits per heavy atom. The molecule has 1 fully saturated rings. The number of halogens is 1. The van der Waals surface area contributed by atoms with Crippen molar-refractivity contribution in [2.45, 2.75) is 39.7 Å². The molecule has 0 aromatic carbocycles. The number of rotatable bonds is 9. The van der Waals surface area contributed by atoms with Gasteiger partial charge in [0.15, 0.2) is 11.6 Å². The molecule has 30 heavy (non-hydrogen) atoms. The molecule has 3 rings (SSSR count). The minimum absolute atomic E-state index is 0. The van der Waals surface area contributed by atoms with E-state index in [1.807, 2.05) is 28.8 Å². The lowest BCUT2D eigenvalue weighted by molar-refractivity contribution is 0.0143.